The number of rotatable bonds is 2. The van der Waals surface area contributed by atoms with Crippen LogP contribution in [0.4, 0.5) is 5.82 Å². The average Bonchev–Trinajstić information content (AvgIpc) is 2.27. The van der Waals surface area contributed by atoms with Gasteiger partial charge < -0.3 is 10.0 Å². The SMILES string of the molecule is CC1(C)CN(c2ncccc2CO)CCS1. The van der Waals surface area contributed by atoms with Crippen LogP contribution < -0.4 is 4.90 Å². The third-order valence-electron chi connectivity index (χ3n) is 2.76. The van der Waals surface area contributed by atoms with Gasteiger partial charge in [0.1, 0.15) is 5.82 Å². The topological polar surface area (TPSA) is 36.4 Å². The van der Waals surface area contributed by atoms with Crippen LogP contribution in [0.5, 0.6) is 0 Å². The lowest BCUT2D eigenvalue weighted by atomic mass is 10.1. The molecule has 0 spiro atoms. The maximum Gasteiger partial charge on any atom is 0.134 e. The lowest BCUT2D eigenvalue weighted by Gasteiger charge is -2.38. The summed E-state index contributed by atoms with van der Waals surface area (Å²) in [6.45, 7) is 6.57. The third kappa shape index (κ3) is 2.50. The van der Waals surface area contributed by atoms with Crippen molar-refractivity contribution >= 4 is 17.6 Å². The van der Waals surface area contributed by atoms with Gasteiger partial charge in [0.05, 0.1) is 6.61 Å². The van der Waals surface area contributed by atoms with Gasteiger partial charge in [0.25, 0.3) is 0 Å². The number of aliphatic hydroxyl groups is 1. The fourth-order valence-corrected chi connectivity index (χ4v) is 3.15. The molecule has 0 aliphatic carbocycles. The number of pyridine rings is 1. The predicted molar refractivity (Wildman–Crippen MR) is 68.9 cm³/mol. The molecule has 0 aromatic carbocycles. The summed E-state index contributed by atoms with van der Waals surface area (Å²) in [4.78, 5) is 6.68. The highest BCUT2D eigenvalue weighted by Gasteiger charge is 2.28. The van der Waals surface area contributed by atoms with E-state index in [1.165, 1.54) is 0 Å². The van der Waals surface area contributed by atoms with E-state index in [0.29, 0.717) is 0 Å². The molecule has 1 saturated heterocycles. The predicted octanol–water partition coefficient (Wildman–Crippen LogP) is 1.91. The number of nitrogens with zero attached hydrogens (tertiary/aromatic N) is 2. The molecule has 1 aromatic heterocycles. The van der Waals surface area contributed by atoms with Crippen molar-refractivity contribution in [1.82, 2.24) is 4.98 Å². The molecule has 2 heterocycles. The van der Waals surface area contributed by atoms with Gasteiger partial charge in [-0.25, -0.2) is 4.98 Å². The minimum absolute atomic E-state index is 0.0627. The van der Waals surface area contributed by atoms with E-state index in [0.717, 1.165) is 30.2 Å². The molecule has 1 fully saturated rings. The van der Waals surface area contributed by atoms with Crippen molar-refractivity contribution in [1.29, 1.82) is 0 Å². The second-order valence-corrected chi connectivity index (χ2v) is 6.48. The van der Waals surface area contributed by atoms with Crippen LogP contribution in [-0.2, 0) is 6.61 Å². The number of anilines is 1. The fourth-order valence-electron chi connectivity index (χ4n) is 2.04. The van der Waals surface area contributed by atoms with Crippen LogP contribution in [0.1, 0.15) is 19.4 Å². The minimum atomic E-state index is 0.0627. The first kappa shape index (κ1) is 11.7. The molecular weight excluding hydrogens is 220 g/mol. The molecule has 3 nitrogen and oxygen atoms in total. The maximum atomic E-state index is 9.31. The molecule has 1 aromatic rings. The van der Waals surface area contributed by atoms with Gasteiger partial charge >= 0.3 is 0 Å². The minimum Gasteiger partial charge on any atom is -0.392 e. The van der Waals surface area contributed by atoms with Crippen molar-refractivity contribution in [2.24, 2.45) is 0 Å². The molecule has 1 N–H and O–H groups in total. The molecule has 0 saturated carbocycles. The van der Waals surface area contributed by atoms with E-state index in [1.54, 1.807) is 6.20 Å². The van der Waals surface area contributed by atoms with Crippen molar-refractivity contribution in [3.8, 4) is 0 Å². The van der Waals surface area contributed by atoms with Crippen LogP contribution in [0.25, 0.3) is 0 Å². The highest BCUT2D eigenvalue weighted by atomic mass is 32.2. The lowest BCUT2D eigenvalue weighted by molar-refractivity contribution is 0.281. The first-order valence-corrected chi connectivity index (χ1v) is 6.54. The monoisotopic (exact) mass is 238 g/mol. The van der Waals surface area contributed by atoms with Gasteiger partial charge in [0.2, 0.25) is 0 Å². The Kier molecular flexibility index (Phi) is 3.40. The van der Waals surface area contributed by atoms with E-state index in [-0.39, 0.29) is 11.4 Å². The van der Waals surface area contributed by atoms with Crippen LogP contribution in [0.2, 0.25) is 0 Å². The van der Waals surface area contributed by atoms with Gasteiger partial charge in [-0.2, -0.15) is 11.8 Å². The van der Waals surface area contributed by atoms with Crippen molar-refractivity contribution in [3.05, 3.63) is 23.9 Å². The van der Waals surface area contributed by atoms with Crippen LogP contribution in [-0.4, -0.2) is 33.7 Å². The van der Waals surface area contributed by atoms with Gasteiger partial charge in [0, 0.05) is 35.3 Å². The summed E-state index contributed by atoms with van der Waals surface area (Å²) in [5.74, 6) is 2.06. The van der Waals surface area contributed by atoms with E-state index >= 15 is 0 Å². The Morgan fingerprint density at radius 2 is 2.38 bits per heavy atom. The zero-order chi connectivity index (χ0) is 11.6. The van der Waals surface area contributed by atoms with E-state index in [4.69, 9.17) is 0 Å². The molecule has 16 heavy (non-hydrogen) atoms. The average molecular weight is 238 g/mol. The zero-order valence-corrected chi connectivity index (χ0v) is 10.6. The number of hydrogen-bond acceptors (Lipinski definition) is 4. The number of hydrogen-bond donors (Lipinski definition) is 1. The lowest BCUT2D eigenvalue weighted by Crippen LogP contribution is -2.43. The Balaban J connectivity index is 2.23. The third-order valence-corrected chi connectivity index (χ3v) is 4.06. The van der Waals surface area contributed by atoms with Crippen LogP contribution in [0.15, 0.2) is 18.3 Å². The molecule has 0 bridgehead atoms. The molecule has 2 rings (SSSR count). The fraction of sp³-hybridized carbons (Fsp3) is 0.583. The Morgan fingerprint density at radius 1 is 1.56 bits per heavy atom. The Morgan fingerprint density at radius 3 is 3.06 bits per heavy atom. The number of aromatic nitrogens is 1. The maximum absolute atomic E-state index is 9.31. The molecule has 0 amide bonds. The Hall–Kier alpha value is -0.740. The highest BCUT2D eigenvalue weighted by Crippen LogP contribution is 2.32. The zero-order valence-electron chi connectivity index (χ0n) is 9.81. The Labute approximate surface area is 101 Å². The van der Waals surface area contributed by atoms with Crippen molar-refractivity contribution < 1.29 is 5.11 Å². The van der Waals surface area contributed by atoms with E-state index in [9.17, 15) is 5.11 Å². The summed E-state index contributed by atoms with van der Waals surface area (Å²) >= 11 is 2.00. The summed E-state index contributed by atoms with van der Waals surface area (Å²) in [5.41, 5.74) is 0.921. The van der Waals surface area contributed by atoms with Crippen LogP contribution in [0.3, 0.4) is 0 Å². The van der Waals surface area contributed by atoms with E-state index in [1.807, 2.05) is 23.9 Å². The highest BCUT2D eigenvalue weighted by molar-refractivity contribution is 8.00. The standard InChI is InChI=1S/C12H18N2OS/c1-12(2)9-14(6-7-16-12)11-10(8-15)4-3-5-13-11/h3-5,15H,6-9H2,1-2H3. The number of thioether (sulfide) groups is 1. The largest absolute Gasteiger partial charge is 0.392 e. The normalized spacial score (nSPS) is 19.8. The van der Waals surface area contributed by atoms with Gasteiger partial charge in [-0.15, -0.1) is 0 Å². The molecule has 1 aliphatic rings. The van der Waals surface area contributed by atoms with Gasteiger partial charge in [0.15, 0.2) is 0 Å². The second-order valence-electron chi connectivity index (χ2n) is 4.67. The first-order chi connectivity index (χ1) is 7.62. The molecule has 0 radical (unpaired) electrons. The van der Waals surface area contributed by atoms with Crippen LogP contribution >= 0.6 is 11.8 Å². The summed E-state index contributed by atoms with van der Waals surface area (Å²) in [7, 11) is 0. The summed E-state index contributed by atoms with van der Waals surface area (Å²) in [6.07, 6.45) is 1.79. The summed E-state index contributed by atoms with van der Waals surface area (Å²) < 4.78 is 0.266. The molecule has 1 aliphatic heterocycles. The molecule has 88 valence electrons. The summed E-state index contributed by atoms with van der Waals surface area (Å²) in [6, 6.07) is 3.82. The van der Waals surface area contributed by atoms with Gasteiger partial charge in [-0.3, -0.25) is 0 Å². The molecular formula is C12H18N2OS. The van der Waals surface area contributed by atoms with Gasteiger partial charge in [-0.1, -0.05) is 6.07 Å². The smallest absolute Gasteiger partial charge is 0.134 e. The molecule has 4 heteroatoms. The molecule has 0 unspecified atom stereocenters. The summed E-state index contributed by atoms with van der Waals surface area (Å²) in [5, 5.41) is 9.31. The van der Waals surface area contributed by atoms with E-state index in [2.05, 4.69) is 23.7 Å². The van der Waals surface area contributed by atoms with Crippen LogP contribution in [0, 0.1) is 0 Å². The van der Waals surface area contributed by atoms with Gasteiger partial charge in [-0.05, 0) is 19.9 Å². The van der Waals surface area contributed by atoms with Crippen molar-refractivity contribution in [2.45, 2.75) is 25.2 Å². The quantitative estimate of drug-likeness (QED) is 0.854. The van der Waals surface area contributed by atoms with E-state index < -0.39 is 0 Å². The van der Waals surface area contributed by atoms with Crippen molar-refractivity contribution in [2.75, 3.05) is 23.7 Å². The number of aliphatic hydroxyl groups excluding tert-OH is 1. The second kappa shape index (κ2) is 4.63. The van der Waals surface area contributed by atoms with Crippen molar-refractivity contribution in [3.63, 3.8) is 0 Å². The Bertz CT molecular complexity index is 368. The molecule has 0 atom stereocenters. The first-order valence-electron chi connectivity index (χ1n) is 5.56.